The van der Waals surface area contributed by atoms with Crippen LogP contribution in [0.5, 0.6) is 0 Å². The Bertz CT molecular complexity index is 213. The van der Waals surface area contributed by atoms with E-state index < -0.39 is 0 Å². The minimum Gasteiger partial charge on any atom is -0.0882 e. The summed E-state index contributed by atoms with van der Waals surface area (Å²) in [5.41, 5.74) is 0. The average Bonchev–Trinajstić information content (AvgIpc) is 2.15. The molecule has 0 radical (unpaired) electrons. The van der Waals surface area contributed by atoms with Crippen molar-refractivity contribution in [2.24, 2.45) is 0 Å². The second-order valence-electron chi connectivity index (χ2n) is 4.24. The summed E-state index contributed by atoms with van der Waals surface area (Å²) in [4.78, 5) is 0. The first-order chi connectivity index (χ1) is 8.00. The minimum atomic E-state index is 1.23. The molecule has 0 bridgehead atoms. The molecule has 0 heterocycles. The molecule has 0 heteroatoms. The average molecular weight is 216 g/mol. The molecule has 0 saturated carbocycles. The first-order valence-electron chi connectivity index (χ1n) is 6.62. The molecular formula is C16H24. The Morgan fingerprint density at radius 3 is 1.12 bits per heavy atom. The van der Waals surface area contributed by atoms with Gasteiger partial charge < -0.3 is 0 Å². The fourth-order valence-corrected chi connectivity index (χ4v) is 1.73. The molecule has 0 aromatic rings. The Balaban J connectivity index is 0.000000160. The van der Waals surface area contributed by atoms with Gasteiger partial charge in [-0.1, -0.05) is 48.6 Å². The molecular weight excluding hydrogens is 192 g/mol. The highest BCUT2D eigenvalue weighted by atomic mass is 13.9. The number of rotatable bonds is 0. The van der Waals surface area contributed by atoms with Crippen LogP contribution in [-0.2, 0) is 0 Å². The Morgan fingerprint density at radius 2 is 0.750 bits per heavy atom. The van der Waals surface area contributed by atoms with Crippen LogP contribution in [0.1, 0.15) is 51.4 Å². The van der Waals surface area contributed by atoms with E-state index >= 15 is 0 Å². The lowest BCUT2D eigenvalue weighted by atomic mass is 10.1. The molecule has 0 fully saturated rings. The van der Waals surface area contributed by atoms with Crippen molar-refractivity contribution in [3.63, 3.8) is 0 Å². The zero-order chi connectivity index (χ0) is 11.3. The summed E-state index contributed by atoms with van der Waals surface area (Å²) < 4.78 is 0. The normalized spacial score (nSPS) is 28.0. The maximum absolute atomic E-state index is 2.27. The van der Waals surface area contributed by atoms with E-state index in [1.54, 1.807) is 0 Å². The molecule has 2 aliphatic rings. The Kier molecular flexibility index (Phi) is 8.53. The van der Waals surface area contributed by atoms with Crippen LogP contribution >= 0.6 is 0 Å². The highest BCUT2D eigenvalue weighted by molar-refractivity contribution is 5.03. The summed E-state index contributed by atoms with van der Waals surface area (Å²) >= 11 is 0. The number of allylic oxidation sites excluding steroid dienone is 8. The fraction of sp³-hybridized carbons (Fsp3) is 0.500. The van der Waals surface area contributed by atoms with E-state index in [9.17, 15) is 0 Å². The zero-order valence-electron chi connectivity index (χ0n) is 10.3. The lowest BCUT2D eigenvalue weighted by molar-refractivity contribution is 0.758. The summed E-state index contributed by atoms with van der Waals surface area (Å²) in [6.07, 6.45) is 28.0. The van der Waals surface area contributed by atoms with Gasteiger partial charge in [0.25, 0.3) is 0 Å². The standard InChI is InChI=1S/2C8H12/c2*1-2-4-6-8-7-5-3-1/h1-2,7-8H,3-6H2;1-4H,5-8H2/b2-1-,8-7-;3-1-,4-2-. The Labute approximate surface area is 100 Å². The SMILES string of the molecule is C1=C\CC/C=C\CC/1.C1=C\CCCC\C=C/1. The predicted molar refractivity (Wildman–Crippen MR) is 73.5 cm³/mol. The molecule has 16 heavy (non-hydrogen) atoms. The van der Waals surface area contributed by atoms with Gasteiger partial charge in [-0.05, 0) is 51.4 Å². The molecule has 0 aromatic carbocycles. The van der Waals surface area contributed by atoms with Gasteiger partial charge in [-0.3, -0.25) is 0 Å². The van der Waals surface area contributed by atoms with Crippen LogP contribution in [0.3, 0.4) is 0 Å². The van der Waals surface area contributed by atoms with Crippen LogP contribution in [0, 0.1) is 0 Å². The smallest absolute Gasteiger partial charge is 0.0316 e. The molecule has 0 spiro atoms. The molecule has 0 saturated heterocycles. The third kappa shape index (κ3) is 8.28. The summed E-state index contributed by atoms with van der Waals surface area (Å²) in [6, 6.07) is 0. The van der Waals surface area contributed by atoms with E-state index in [1.165, 1.54) is 51.4 Å². The van der Waals surface area contributed by atoms with Gasteiger partial charge in [-0.15, -0.1) is 0 Å². The molecule has 0 amide bonds. The molecule has 0 N–H and O–H groups in total. The van der Waals surface area contributed by atoms with Crippen molar-refractivity contribution in [3.8, 4) is 0 Å². The van der Waals surface area contributed by atoms with Gasteiger partial charge >= 0.3 is 0 Å². The monoisotopic (exact) mass is 216 g/mol. The molecule has 2 rings (SSSR count). The van der Waals surface area contributed by atoms with Gasteiger partial charge in [0.2, 0.25) is 0 Å². The van der Waals surface area contributed by atoms with Gasteiger partial charge in [0, 0.05) is 0 Å². The van der Waals surface area contributed by atoms with Crippen molar-refractivity contribution in [3.05, 3.63) is 48.6 Å². The van der Waals surface area contributed by atoms with E-state index in [2.05, 4.69) is 48.6 Å². The summed E-state index contributed by atoms with van der Waals surface area (Å²) in [5.74, 6) is 0. The minimum absolute atomic E-state index is 1.23. The van der Waals surface area contributed by atoms with Crippen molar-refractivity contribution in [1.82, 2.24) is 0 Å². The van der Waals surface area contributed by atoms with E-state index in [0.717, 1.165) is 0 Å². The van der Waals surface area contributed by atoms with Gasteiger partial charge in [0.05, 0.1) is 0 Å². The number of hydrogen-bond acceptors (Lipinski definition) is 0. The van der Waals surface area contributed by atoms with Crippen LogP contribution in [0.4, 0.5) is 0 Å². The van der Waals surface area contributed by atoms with E-state index in [-0.39, 0.29) is 0 Å². The molecule has 0 aromatic heterocycles. The summed E-state index contributed by atoms with van der Waals surface area (Å²) in [5, 5.41) is 0. The van der Waals surface area contributed by atoms with Crippen LogP contribution in [-0.4, -0.2) is 0 Å². The van der Waals surface area contributed by atoms with E-state index in [0.29, 0.717) is 0 Å². The second-order valence-corrected chi connectivity index (χ2v) is 4.24. The zero-order valence-corrected chi connectivity index (χ0v) is 10.3. The third-order valence-corrected chi connectivity index (χ3v) is 2.71. The topological polar surface area (TPSA) is 0 Å². The molecule has 0 atom stereocenters. The first kappa shape index (κ1) is 13.0. The molecule has 0 aliphatic heterocycles. The lowest BCUT2D eigenvalue weighted by Crippen LogP contribution is -1.74. The van der Waals surface area contributed by atoms with Crippen LogP contribution < -0.4 is 0 Å². The fourth-order valence-electron chi connectivity index (χ4n) is 1.73. The molecule has 0 unspecified atom stereocenters. The summed E-state index contributed by atoms with van der Waals surface area (Å²) in [7, 11) is 0. The van der Waals surface area contributed by atoms with Crippen molar-refractivity contribution >= 4 is 0 Å². The molecule has 0 nitrogen and oxygen atoms in total. The van der Waals surface area contributed by atoms with E-state index in [4.69, 9.17) is 0 Å². The Hall–Kier alpha value is -1.04. The quantitative estimate of drug-likeness (QED) is 0.479. The summed E-state index contributed by atoms with van der Waals surface area (Å²) in [6.45, 7) is 0. The molecule has 2 aliphatic carbocycles. The van der Waals surface area contributed by atoms with Crippen LogP contribution in [0.15, 0.2) is 48.6 Å². The van der Waals surface area contributed by atoms with Crippen LogP contribution in [0.25, 0.3) is 0 Å². The number of hydrogen-bond donors (Lipinski definition) is 0. The lowest BCUT2D eigenvalue weighted by Gasteiger charge is -1.94. The Morgan fingerprint density at radius 1 is 0.375 bits per heavy atom. The van der Waals surface area contributed by atoms with Crippen molar-refractivity contribution in [2.75, 3.05) is 0 Å². The first-order valence-corrected chi connectivity index (χ1v) is 6.62. The van der Waals surface area contributed by atoms with Crippen molar-refractivity contribution in [2.45, 2.75) is 51.4 Å². The highest BCUT2D eigenvalue weighted by Gasteiger charge is 1.84. The largest absolute Gasteiger partial charge is 0.0882 e. The van der Waals surface area contributed by atoms with Crippen molar-refractivity contribution in [1.29, 1.82) is 0 Å². The molecule has 88 valence electrons. The maximum atomic E-state index is 2.27. The van der Waals surface area contributed by atoms with Gasteiger partial charge in [0.15, 0.2) is 0 Å². The van der Waals surface area contributed by atoms with Crippen LogP contribution in [0.2, 0.25) is 0 Å². The predicted octanol–water partition coefficient (Wildman–Crippen LogP) is 5.35. The van der Waals surface area contributed by atoms with E-state index in [1.807, 2.05) is 0 Å². The van der Waals surface area contributed by atoms with Gasteiger partial charge in [0.1, 0.15) is 0 Å². The van der Waals surface area contributed by atoms with Gasteiger partial charge in [-0.25, -0.2) is 0 Å². The second kappa shape index (κ2) is 10.5. The van der Waals surface area contributed by atoms with Crippen molar-refractivity contribution < 1.29 is 0 Å². The maximum Gasteiger partial charge on any atom is -0.0316 e. The highest BCUT2D eigenvalue weighted by Crippen LogP contribution is 2.04. The van der Waals surface area contributed by atoms with Gasteiger partial charge in [-0.2, -0.15) is 0 Å². The third-order valence-electron chi connectivity index (χ3n) is 2.71.